The van der Waals surface area contributed by atoms with E-state index in [4.69, 9.17) is 10.5 Å². The summed E-state index contributed by atoms with van der Waals surface area (Å²) in [5.74, 6) is -0.310. The van der Waals surface area contributed by atoms with Gasteiger partial charge in [-0.2, -0.15) is 0 Å². The van der Waals surface area contributed by atoms with Crippen molar-refractivity contribution in [1.29, 1.82) is 0 Å². The van der Waals surface area contributed by atoms with Gasteiger partial charge in [-0.3, -0.25) is 4.79 Å². The molecule has 0 rings (SSSR count). The van der Waals surface area contributed by atoms with Gasteiger partial charge in [-0.15, -0.1) is 0 Å². The van der Waals surface area contributed by atoms with Crippen molar-refractivity contribution < 1.29 is 9.53 Å². The van der Waals surface area contributed by atoms with E-state index in [-0.39, 0.29) is 12.0 Å². The Bertz CT molecular complexity index is 250. The first-order valence-electron chi connectivity index (χ1n) is 6.98. The molecule has 0 fully saturated rings. The maximum atomic E-state index is 11.8. The summed E-state index contributed by atoms with van der Waals surface area (Å²) in [4.78, 5) is 14.1. The Morgan fingerprint density at radius 2 is 1.83 bits per heavy atom. The molecule has 0 heterocycles. The predicted molar refractivity (Wildman–Crippen MR) is 75.4 cm³/mol. The molecule has 0 aliphatic carbocycles. The Balaban J connectivity index is 4.53. The average molecular weight is 258 g/mol. The maximum absolute atomic E-state index is 11.8. The second-order valence-corrected chi connectivity index (χ2v) is 5.33. The number of hydrogen-bond acceptors (Lipinski definition) is 4. The lowest BCUT2D eigenvalue weighted by molar-refractivity contribution is -0.149. The number of esters is 1. The van der Waals surface area contributed by atoms with E-state index >= 15 is 0 Å². The molecule has 18 heavy (non-hydrogen) atoms. The molecule has 0 saturated heterocycles. The number of nitrogens with two attached hydrogens (primary N) is 1. The molecule has 0 radical (unpaired) electrons. The fourth-order valence-electron chi connectivity index (χ4n) is 2.36. The molecule has 0 aliphatic heterocycles. The SMILES string of the molecule is CCOC(=O)C(C)(N)CC(C)N(C)C(CC)CC. The summed E-state index contributed by atoms with van der Waals surface area (Å²) in [6.45, 7) is 10.4. The van der Waals surface area contributed by atoms with Crippen molar-refractivity contribution in [3.8, 4) is 0 Å². The van der Waals surface area contributed by atoms with Crippen molar-refractivity contribution in [2.75, 3.05) is 13.7 Å². The van der Waals surface area contributed by atoms with Crippen molar-refractivity contribution >= 4 is 5.97 Å². The molecule has 0 aromatic carbocycles. The highest BCUT2D eigenvalue weighted by Gasteiger charge is 2.33. The maximum Gasteiger partial charge on any atom is 0.325 e. The summed E-state index contributed by atoms with van der Waals surface area (Å²) in [6.07, 6.45) is 2.83. The lowest BCUT2D eigenvalue weighted by atomic mass is 9.93. The number of ether oxygens (including phenoxy) is 1. The zero-order valence-corrected chi connectivity index (χ0v) is 12.8. The average Bonchev–Trinajstić information content (AvgIpc) is 2.30. The van der Waals surface area contributed by atoms with Crippen LogP contribution in [0, 0.1) is 0 Å². The van der Waals surface area contributed by atoms with Gasteiger partial charge in [0.1, 0.15) is 5.54 Å². The molecule has 0 spiro atoms. The highest BCUT2D eigenvalue weighted by Crippen LogP contribution is 2.18. The van der Waals surface area contributed by atoms with Gasteiger partial charge in [0.2, 0.25) is 0 Å². The third kappa shape index (κ3) is 4.94. The molecule has 4 heteroatoms. The van der Waals surface area contributed by atoms with Crippen molar-refractivity contribution in [3.63, 3.8) is 0 Å². The van der Waals surface area contributed by atoms with Gasteiger partial charge in [0.15, 0.2) is 0 Å². The predicted octanol–water partition coefficient (Wildman–Crippen LogP) is 2.17. The van der Waals surface area contributed by atoms with E-state index in [2.05, 4.69) is 32.7 Å². The molecule has 108 valence electrons. The van der Waals surface area contributed by atoms with Crippen LogP contribution >= 0.6 is 0 Å². The topological polar surface area (TPSA) is 55.6 Å². The fraction of sp³-hybridized carbons (Fsp3) is 0.929. The minimum Gasteiger partial charge on any atom is -0.465 e. The number of nitrogens with zero attached hydrogens (tertiary/aromatic N) is 1. The van der Waals surface area contributed by atoms with Crippen LogP contribution < -0.4 is 5.73 Å². The van der Waals surface area contributed by atoms with Gasteiger partial charge in [-0.1, -0.05) is 13.8 Å². The summed E-state index contributed by atoms with van der Waals surface area (Å²) in [6, 6.07) is 0.798. The molecule has 2 N–H and O–H groups in total. The monoisotopic (exact) mass is 258 g/mol. The van der Waals surface area contributed by atoms with Gasteiger partial charge in [0.25, 0.3) is 0 Å². The minimum atomic E-state index is -0.907. The first-order valence-corrected chi connectivity index (χ1v) is 6.98. The fourth-order valence-corrected chi connectivity index (χ4v) is 2.36. The van der Waals surface area contributed by atoms with E-state index in [0.29, 0.717) is 19.1 Å². The van der Waals surface area contributed by atoms with E-state index < -0.39 is 5.54 Å². The van der Waals surface area contributed by atoms with Crippen molar-refractivity contribution in [2.45, 2.75) is 71.5 Å². The number of hydrogen-bond donors (Lipinski definition) is 1. The Morgan fingerprint density at radius 3 is 2.22 bits per heavy atom. The van der Waals surface area contributed by atoms with Gasteiger partial charge < -0.3 is 15.4 Å². The molecule has 0 amide bonds. The first kappa shape index (κ1) is 17.4. The standard InChI is InChI=1S/C14H30N2O2/c1-7-12(8-2)16(6)11(4)10-14(5,15)13(17)18-9-3/h11-12H,7-10,15H2,1-6H3. The Labute approximate surface area is 112 Å². The molecule has 0 aromatic heterocycles. The van der Waals surface area contributed by atoms with Crippen LogP contribution in [0.3, 0.4) is 0 Å². The van der Waals surface area contributed by atoms with Gasteiger partial charge in [0.05, 0.1) is 6.61 Å². The van der Waals surface area contributed by atoms with Crippen LogP contribution in [-0.4, -0.2) is 42.1 Å². The first-order chi connectivity index (χ1) is 8.30. The third-order valence-electron chi connectivity index (χ3n) is 3.67. The summed E-state index contributed by atoms with van der Waals surface area (Å²) in [7, 11) is 2.10. The smallest absolute Gasteiger partial charge is 0.325 e. The van der Waals surface area contributed by atoms with Crippen LogP contribution in [0.5, 0.6) is 0 Å². The van der Waals surface area contributed by atoms with Crippen LogP contribution in [0.25, 0.3) is 0 Å². The summed E-state index contributed by atoms with van der Waals surface area (Å²) >= 11 is 0. The van der Waals surface area contributed by atoms with Gasteiger partial charge in [-0.05, 0) is 47.1 Å². The largest absolute Gasteiger partial charge is 0.465 e. The zero-order chi connectivity index (χ0) is 14.3. The lowest BCUT2D eigenvalue weighted by Gasteiger charge is -2.35. The third-order valence-corrected chi connectivity index (χ3v) is 3.67. The van der Waals surface area contributed by atoms with Gasteiger partial charge in [0, 0.05) is 12.1 Å². The molecule has 2 unspecified atom stereocenters. The zero-order valence-electron chi connectivity index (χ0n) is 12.8. The molecule has 0 bridgehead atoms. The van der Waals surface area contributed by atoms with Crippen molar-refractivity contribution in [2.24, 2.45) is 5.73 Å². The van der Waals surface area contributed by atoms with Crippen LogP contribution in [0.15, 0.2) is 0 Å². The molecular formula is C14H30N2O2. The number of carbonyl (C=O) groups is 1. The van der Waals surface area contributed by atoms with Crippen LogP contribution in [0.4, 0.5) is 0 Å². The van der Waals surface area contributed by atoms with Crippen molar-refractivity contribution in [3.05, 3.63) is 0 Å². The number of carbonyl (C=O) groups excluding carboxylic acids is 1. The summed E-state index contributed by atoms with van der Waals surface area (Å²) in [5.41, 5.74) is 5.16. The van der Waals surface area contributed by atoms with Gasteiger partial charge >= 0.3 is 5.97 Å². The van der Waals surface area contributed by atoms with Crippen LogP contribution in [-0.2, 0) is 9.53 Å². The van der Waals surface area contributed by atoms with Crippen LogP contribution in [0.1, 0.15) is 53.9 Å². The minimum absolute atomic E-state index is 0.259. The highest BCUT2D eigenvalue weighted by atomic mass is 16.5. The molecule has 0 saturated carbocycles. The molecule has 2 atom stereocenters. The summed E-state index contributed by atoms with van der Waals surface area (Å²) in [5, 5.41) is 0. The van der Waals surface area contributed by atoms with Crippen LogP contribution in [0.2, 0.25) is 0 Å². The highest BCUT2D eigenvalue weighted by molar-refractivity contribution is 5.80. The van der Waals surface area contributed by atoms with Crippen molar-refractivity contribution in [1.82, 2.24) is 4.90 Å². The molecule has 0 aromatic rings. The van der Waals surface area contributed by atoms with E-state index in [1.54, 1.807) is 13.8 Å². The van der Waals surface area contributed by atoms with E-state index in [1.165, 1.54) is 0 Å². The Morgan fingerprint density at radius 1 is 1.33 bits per heavy atom. The molecule has 0 aliphatic rings. The molecule has 4 nitrogen and oxygen atoms in total. The number of rotatable bonds is 8. The van der Waals surface area contributed by atoms with E-state index in [1.807, 2.05) is 0 Å². The summed E-state index contributed by atoms with van der Waals surface area (Å²) < 4.78 is 5.02. The molecular weight excluding hydrogens is 228 g/mol. The Kier molecular flexibility index (Phi) is 7.48. The quantitative estimate of drug-likeness (QED) is 0.678. The second kappa shape index (κ2) is 7.74. The lowest BCUT2D eigenvalue weighted by Crippen LogP contribution is -2.51. The Hall–Kier alpha value is -0.610. The normalized spacial score (nSPS) is 16.7. The van der Waals surface area contributed by atoms with E-state index in [0.717, 1.165) is 12.8 Å². The van der Waals surface area contributed by atoms with Gasteiger partial charge in [-0.25, -0.2) is 0 Å². The second-order valence-electron chi connectivity index (χ2n) is 5.33. The van der Waals surface area contributed by atoms with E-state index in [9.17, 15) is 4.79 Å².